The van der Waals surface area contributed by atoms with Crippen molar-refractivity contribution in [3.05, 3.63) is 72.2 Å². The van der Waals surface area contributed by atoms with E-state index in [2.05, 4.69) is 27.6 Å². The van der Waals surface area contributed by atoms with Gasteiger partial charge in [0, 0.05) is 11.8 Å². The van der Waals surface area contributed by atoms with Crippen molar-refractivity contribution in [1.29, 1.82) is 0 Å². The first-order valence-electron chi connectivity index (χ1n) is 10.5. The van der Waals surface area contributed by atoms with Gasteiger partial charge in [-0.1, -0.05) is 42.1 Å². The topological polar surface area (TPSA) is 91.4 Å². The van der Waals surface area contributed by atoms with E-state index in [-0.39, 0.29) is 12.7 Å². The Bertz CT molecular complexity index is 1280. The zero-order chi connectivity index (χ0) is 22.8. The van der Waals surface area contributed by atoms with Gasteiger partial charge >= 0.3 is 0 Å². The van der Waals surface area contributed by atoms with Crippen LogP contribution in [-0.2, 0) is 11.3 Å². The molecule has 0 bridgehead atoms. The van der Waals surface area contributed by atoms with Gasteiger partial charge in [-0.2, -0.15) is 0 Å². The fourth-order valence-electron chi connectivity index (χ4n) is 3.53. The first-order chi connectivity index (χ1) is 16.1. The summed E-state index contributed by atoms with van der Waals surface area (Å²) in [6.07, 6.45) is 1.64. The smallest absolute Gasteiger partial charge is 0.237 e. The molecular weight excluding hydrogens is 440 g/mol. The summed E-state index contributed by atoms with van der Waals surface area (Å²) in [5.74, 6) is 2.62. The van der Waals surface area contributed by atoms with E-state index in [1.807, 2.05) is 42.7 Å². The second-order valence-electron chi connectivity index (χ2n) is 7.59. The van der Waals surface area contributed by atoms with Gasteiger partial charge in [0.2, 0.25) is 12.7 Å². The van der Waals surface area contributed by atoms with Crippen LogP contribution in [0.25, 0.3) is 11.4 Å². The number of nitrogens with one attached hydrogen (secondary N) is 1. The molecule has 5 rings (SSSR count). The largest absolute Gasteiger partial charge is 0.469 e. The van der Waals surface area contributed by atoms with Crippen molar-refractivity contribution in [3.8, 4) is 22.9 Å². The predicted octanol–water partition coefficient (Wildman–Crippen LogP) is 4.74. The normalized spacial score (nSPS) is 13.2. The molecule has 0 saturated carbocycles. The summed E-state index contributed by atoms with van der Waals surface area (Å²) in [5.41, 5.74) is 2.64. The first kappa shape index (κ1) is 21.1. The van der Waals surface area contributed by atoms with Gasteiger partial charge in [0.15, 0.2) is 22.5 Å². The molecule has 9 heteroatoms. The third kappa shape index (κ3) is 4.45. The molecule has 1 atom stereocenters. The van der Waals surface area contributed by atoms with Gasteiger partial charge < -0.3 is 19.2 Å². The van der Waals surface area contributed by atoms with Crippen LogP contribution in [-0.4, -0.2) is 32.7 Å². The monoisotopic (exact) mass is 462 g/mol. The molecule has 0 radical (unpaired) electrons. The average molecular weight is 463 g/mol. The number of carbonyl (C=O) groups is 1. The number of aryl methyl sites for hydroxylation is 1. The molecule has 168 valence electrons. The third-order valence-corrected chi connectivity index (χ3v) is 6.37. The highest BCUT2D eigenvalue weighted by Gasteiger charge is 2.23. The number of hydrogen-bond donors (Lipinski definition) is 1. The molecule has 1 aliphatic rings. The molecule has 0 spiro atoms. The number of carbonyl (C=O) groups excluding carboxylic acids is 1. The van der Waals surface area contributed by atoms with Crippen molar-refractivity contribution in [2.75, 3.05) is 12.1 Å². The lowest BCUT2D eigenvalue weighted by molar-refractivity contribution is -0.115. The molecule has 1 N–H and O–H groups in total. The molecule has 2 aromatic heterocycles. The molecule has 33 heavy (non-hydrogen) atoms. The molecular formula is C24H22N4O4S. The lowest BCUT2D eigenvalue weighted by Gasteiger charge is -2.14. The van der Waals surface area contributed by atoms with E-state index in [0.717, 1.165) is 16.9 Å². The Hall–Kier alpha value is -3.72. The fraction of sp³-hybridized carbons (Fsp3) is 0.208. The third-order valence-electron chi connectivity index (χ3n) is 5.29. The molecule has 3 heterocycles. The van der Waals surface area contributed by atoms with Crippen LogP contribution in [0.4, 0.5) is 5.69 Å². The number of amides is 1. The van der Waals surface area contributed by atoms with Crippen molar-refractivity contribution in [3.63, 3.8) is 0 Å². The zero-order valence-corrected chi connectivity index (χ0v) is 19.0. The molecule has 1 unspecified atom stereocenters. The molecule has 2 aromatic carbocycles. The molecule has 0 saturated heterocycles. The minimum absolute atomic E-state index is 0.144. The van der Waals surface area contributed by atoms with Crippen molar-refractivity contribution < 1.29 is 18.7 Å². The Morgan fingerprint density at radius 1 is 1.12 bits per heavy atom. The van der Waals surface area contributed by atoms with Crippen LogP contribution in [0.2, 0.25) is 0 Å². The summed E-state index contributed by atoms with van der Waals surface area (Å²) < 4.78 is 18.2. The Balaban J connectivity index is 1.37. The van der Waals surface area contributed by atoms with Gasteiger partial charge in [0.25, 0.3) is 0 Å². The molecule has 0 aliphatic carbocycles. The zero-order valence-electron chi connectivity index (χ0n) is 18.1. The maximum absolute atomic E-state index is 12.9. The van der Waals surface area contributed by atoms with Crippen LogP contribution in [0.15, 0.2) is 70.4 Å². The van der Waals surface area contributed by atoms with Gasteiger partial charge in [-0.3, -0.25) is 9.36 Å². The number of rotatable bonds is 7. The second-order valence-corrected chi connectivity index (χ2v) is 8.89. The summed E-state index contributed by atoms with van der Waals surface area (Å²) in [4.78, 5) is 12.9. The van der Waals surface area contributed by atoms with E-state index in [4.69, 9.17) is 13.9 Å². The predicted molar refractivity (Wildman–Crippen MR) is 125 cm³/mol. The Labute approximate surface area is 194 Å². The maximum atomic E-state index is 12.9. The maximum Gasteiger partial charge on any atom is 0.237 e. The highest BCUT2D eigenvalue weighted by molar-refractivity contribution is 8.00. The van der Waals surface area contributed by atoms with Crippen LogP contribution in [0.3, 0.4) is 0 Å². The number of thioether (sulfide) groups is 1. The minimum Gasteiger partial charge on any atom is -0.469 e. The number of fused-ring (bicyclic) bond motifs is 1. The average Bonchev–Trinajstić information content (AvgIpc) is 3.55. The lowest BCUT2D eigenvalue weighted by Crippen LogP contribution is -2.23. The first-order valence-corrected chi connectivity index (χ1v) is 11.3. The summed E-state index contributed by atoms with van der Waals surface area (Å²) in [6, 6.07) is 17.3. The quantitative estimate of drug-likeness (QED) is 0.397. The number of ether oxygens (including phenoxy) is 2. The number of nitrogens with zero attached hydrogens (tertiary/aromatic N) is 3. The number of hydrogen-bond acceptors (Lipinski definition) is 7. The number of benzene rings is 2. The van der Waals surface area contributed by atoms with Crippen molar-refractivity contribution in [2.45, 2.75) is 30.8 Å². The Kier molecular flexibility index (Phi) is 5.78. The standard InChI is InChI=1S/C24H22N4O4S/c1-15-19(10-11-30-15)22-26-27-24(28(22)13-17-6-4-3-5-7-17)33-16(2)23(29)25-18-8-9-20-21(12-18)32-14-31-20/h3-12,16H,13-14H2,1-2H3,(H,25,29). The molecule has 1 amide bonds. The SMILES string of the molecule is Cc1occc1-c1nnc(SC(C)C(=O)Nc2ccc3c(c2)OCO3)n1Cc1ccccc1. The highest BCUT2D eigenvalue weighted by atomic mass is 32.2. The number of aromatic nitrogens is 3. The number of anilines is 1. The van der Waals surface area contributed by atoms with E-state index < -0.39 is 5.25 Å². The summed E-state index contributed by atoms with van der Waals surface area (Å²) in [7, 11) is 0. The van der Waals surface area contributed by atoms with Crippen LogP contribution in [0, 0.1) is 6.92 Å². The van der Waals surface area contributed by atoms with E-state index >= 15 is 0 Å². The summed E-state index contributed by atoms with van der Waals surface area (Å²) in [5, 5.41) is 12.0. The van der Waals surface area contributed by atoms with Crippen molar-refractivity contribution in [2.24, 2.45) is 0 Å². The molecule has 0 fully saturated rings. The Morgan fingerprint density at radius 3 is 2.73 bits per heavy atom. The lowest BCUT2D eigenvalue weighted by atomic mass is 10.2. The Morgan fingerprint density at radius 2 is 1.94 bits per heavy atom. The van der Waals surface area contributed by atoms with E-state index in [1.165, 1.54) is 11.8 Å². The summed E-state index contributed by atoms with van der Waals surface area (Å²) in [6.45, 7) is 4.50. The van der Waals surface area contributed by atoms with Crippen LogP contribution in [0.5, 0.6) is 11.5 Å². The van der Waals surface area contributed by atoms with Gasteiger partial charge in [0.05, 0.1) is 23.6 Å². The molecule has 8 nitrogen and oxygen atoms in total. The summed E-state index contributed by atoms with van der Waals surface area (Å²) >= 11 is 1.36. The molecule has 4 aromatic rings. The van der Waals surface area contributed by atoms with E-state index in [9.17, 15) is 4.79 Å². The number of furan rings is 1. The van der Waals surface area contributed by atoms with E-state index in [0.29, 0.717) is 34.7 Å². The fourth-order valence-corrected chi connectivity index (χ4v) is 4.38. The van der Waals surface area contributed by atoms with Crippen LogP contribution >= 0.6 is 11.8 Å². The second kappa shape index (κ2) is 9.03. The van der Waals surface area contributed by atoms with Crippen molar-refractivity contribution in [1.82, 2.24) is 14.8 Å². The minimum atomic E-state index is -0.410. The van der Waals surface area contributed by atoms with E-state index in [1.54, 1.807) is 24.5 Å². The van der Waals surface area contributed by atoms with Gasteiger partial charge in [0.1, 0.15) is 5.76 Å². The van der Waals surface area contributed by atoms with Crippen LogP contribution in [0.1, 0.15) is 18.2 Å². The van der Waals surface area contributed by atoms with Crippen LogP contribution < -0.4 is 14.8 Å². The van der Waals surface area contributed by atoms with Crippen molar-refractivity contribution >= 4 is 23.4 Å². The molecule has 1 aliphatic heterocycles. The highest BCUT2D eigenvalue weighted by Crippen LogP contribution is 2.35. The van der Waals surface area contributed by atoms with Gasteiger partial charge in [-0.15, -0.1) is 10.2 Å². The van der Waals surface area contributed by atoms with Gasteiger partial charge in [-0.25, -0.2) is 0 Å². The van der Waals surface area contributed by atoms with Gasteiger partial charge in [-0.05, 0) is 37.6 Å².